The van der Waals surface area contributed by atoms with Crippen molar-refractivity contribution in [2.24, 2.45) is 0 Å². The third kappa shape index (κ3) is 7.95. The number of esters is 1. The van der Waals surface area contributed by atoms with Gasteiger partial charge < -0.3 is 9.47 Å². The molecule has 20 heavy (non-hydrogen) atoms. The normalized spacial score (nSPS) is 12.1. The van der Waals surface area contributed by atoms with Gasteiger partial charge in [-0.05, 0) is 18.4 Å². The van der Waals surface area contributed by atoms with Crippen molar-refractivity contribution in [2.75, 3.05) is 6.61 Å². The van der Waals surface area contributed by atoms with Crippen molar-refractivity contribution >= 4 is 5.97 Å². The van der Waals surface area contributed by atoms with E-state index in [1.807, 2.05) is 18.2 Å². The molecule has 3 nitrogen and oxygen atoms in total. The van der Waals surface area contributed by atoms with Crippen LogP contribution in [0, 0.1) is 0 Å². The number of unbranched alkanes of at least 4 members (excludes halogenated alkanes) is 3. The monoisotopic (exact) mass is 278 g/mol. The molecule has 0 saturated heterocycles. The number of carbonyl (C=O) groups is 1. The van der Waals surface area contributed by atoms with Gasteiger partial charge in [-0.25, -0.2) is 0 Å². The van der Waals surface area contributed by atoms with Crippen LogP contribution in [0.1, 0.15) is 51.5 Å². The van der Waals surface area contributed by atoms with E-state index in [1.54, 1.807) is 0 Å². The molecule has 0 aliphatic heterocycles. The molecule has 0 amide bonds. The van der Waals surface area contributed by atoms with Crippen LogP contribution in [0.3, 0.4) is 0 Å². The quantitative estimate of drug-likeness (QED) is 0.367. The van der Waals surface area contributed by atoms with Gasteiger partial charge >= 0.3 is 5.97 Å². The van der Waals surface area contributed by atoms with Gasteiger partial charge in [-0.15, -0.1) is 0 Å². The highest BCUT2D eigenvalue weighted by molar-refractivity contribution is 5.66. The van der Waals surface area contributed by atoms with Crippen molar-refractivity contribution in [3.05, 3.63) is 35.9 Å². The smallest absolute Gasteiger partial charge is 0.304 e. The van der Waals surface area contributed by atoms with E-state index in [0.29, 0.717) is 6.61 Å². The van der Waals surface area contributed by atoms with E-state index in [-0.39, 0.29) is 5.97 Å². The van der Waals surface area contributed by atoms with E-state index in [0.717, 1.165) is 25.7 Å². The van der Waals surface area contributed by atoms with Crippen LogP contribution in [0.2, 0.25) is 0 Å². The van der Waals surface area contributed by atoms with Gasteiger partial charge in [0.2, 0.25) is 6.29 Å². The standard InChI is InChI=1S/C17H26O3/c1-3-4-5-9-12-17(20-15(2)18)19-14-13-16-10-7-6-8-11-16/h6-8,10-11,17H,3-5,9,12-14H2,1-2H3. The molecule has 0 N–H and O–H groups in total. The first-order valence-corrected chi connectivity index (χ1v) is 7.55. The second-order valence-electron chi connectivity index (χ2n) is 4.99. The molecule has 0 spiro atoms. The molecule has 1 rings (SSSR count). The molecule has 0 aliphatic rings. The van der Waals surface area contributed by atoms with Gasteiger partial charge in [0, 0.05) is 13.3 Å². The number of rotatable bonds is 10. The minimum absolute atomic E-state index is 0.273. The Bertz CT molecular complexity index is 362. The van der Waals surface area contributed by atoms with Crippen molar-refractivity contribution in [3.63, 3.8) is 0 Å². The predicted molar refractivity (Wildman–Crippen MR) is 80.4 cm³/mol. The van der Waals surface area contributed by atoms with Gasteiger partial charge in [0.1, 0.15) is 0 Å². The van der Waals surface area contributed by atoms with Crippen LogP contribution in [0.15, 0.2) is 30.3 Å². The maximum Gasteiger partial charge on any atom is 0.304 e. The average Bonchev–Trinajstić information content (AvgIpc) is 2.44. The van der Waals surface area contributed by atoms with E-state index >= 15 is 0 Å². The number of ether oxygens (including phenoxy) is 2. The minimum atomic E-state index is -0.395. The minimum Gasteiger partial charge on any atom is -0.436 e. The lowest BCUT2D eigenvalue weighted by Crippen LogP contribution is -2.21. The molecule has 1 aromatic rings. The Balaban J connectivity index is 2.26. The van der Waals surface area contributed by atoms with Crippen molar-refractivity contribution in [2.45, 2.75) is 58.7 Å². The number of hydrogen-bond donors (Lipinski definition) is 0. The molecule has 1 atom stereocenters. The van der Waals surface area contributed by atoms with Crippen LogP contribution in [0.5, 0.6) is 0 Å². The molecule has 1 aromatic carbocycles. The highest BCUT2D eigenvalue weighted by Crippen LogP contribution is 2.11. The van der Waals surface area contributed by atoms with E-state index < -0.39 is 6.29 Å². The van der Waals surface area contributed by atoms with Crippen molar-refractivity contribution < 1.29 is 14.3 Å². The zero-order valence-electron chi connectivity index (χ0n) is 12.6. The first-order valence-electron chi connectivity index (χ1n) is 7.55. The second kappa shape index (κ2) is 10.4. The summed E-state index contributed by atoms with van der Waals surface area (Å²) >= 11 is 0. The fraction of sp³-hybridized carbons (Fsp3) is 0.588. The summed E-state index contributed by atoms with van der Waals surface area (Å²) in [4.78, 5) is 11.1. The second-order valence-corrected chi connectivity index (χ2v) is 4.99. The summed E-state index contributed by atoms with van der Waals surface area (Å²) in [7, 11) is 0. The summed E-state index contributed by atoms with van der Waals surface area (Å²) in [5.74, 6) is -0.273. The molecule has 112 valence electrons. The molecular weight excluding hydrogens is 252 g/mol. The van der Waals surface area contributed by atoms with Crippen LogP contribution in [0.25, 0.3) is 0 Å². The highest BCUT2D eigenvalue weighted by atomic mass is 16.7. The maximum absolute atomic E-state index is 11.1. The fourth-order valence-corrected chi connectivity index (χ4v) is 2.05. The molecule has 0 bridgehead atoms. The molecular formula is C17H26O3. The zero-order valence-corrected chi connectivity index (χ0v) is 12.6. The molecule has 0 aliphatic carbocycles. The summed E-state index contributed by atoms with van der Waals surface area (Å²) in [6.07, 6.45) is 5.85. The van der Waals surface area contributed by atoms with Gasteiger partial charge in [-0.3, -0.25) is 4.79 Å². The SMILES string of the molecule is CCCCCCC(OCCc1ccccc1)OC(C)=O. The van der Waals surface area contributed by atoms with E-state index in [2.05, 4.69) is 19.1 Å². The fourth-order valence-electron chi connectivity index (χ4n) is 2.05. The van der Waals surface area contributed by atoms with E-state index in [1.165, 1.54) is 25.3 Å². The Kier molecular flexibility index (Phi) is 8.72. The van der Waals surface area contributed by atoms with Crippen molar-refractivity contribution in [3.8, 4) is 0 Å². The van der Waals surface area contributed by atoms with Gasteiger partial charge in [0.05, 0.1) is 6.61 Å². The summed E-state index contributed by atoms with van der Waals surface area (Å²) in [5, 5.41) is 0. The molecule has 3 heteroatoms. The summed E-state index contributed by atoms with van der Waals surface area (Å²) < 4.78 is 10.9. The largest absolute Gasteiger partial charge is 0.436 e. The van der Waals surface area contributed by atoms with Gasteiger partial charge in [0.15, 0.2) is 0 Å². The van der Waals surface area contributed by atoms with Gasteiger partial charge in [-0.2, -0.15) is 0 Å². The average molecular weight is 278 g/mol. The first kappa shape index (κ1) is 16.7. The van der Waals surface area contributed by atoms with E-state index in [4.69, 9.17) is 9.47 Å². The van der Waals surface area contributed by atoms with Crippen LogP contribution in [0.4, 0.5) is 0 Å². The Morgan fingerprint density at radius 1 is 1.15 bits per heavy atom. The van der Waals surface area contributed by atoms with Crippen LogP contribution in [-0.2, 0) is 20.7 Å². The zero-order chi connectivity index (χ0) is 14.6. The summed E-state index contributed by atoms with van der Waals surface area (Å²) in [6.45, 7) is 4.19. The number of benzene rings is 1. The third-order valence-electron chi connectivity index (χ3n) is 3.13. The lowest BCUT2D eigenvalue weighted by Gasteiger charge is -2.17. The van der Waals surface area contributed by atoms with Crippen molar-refractivity contribution in [1.29, 1.82) is 0 Å². The molecule has 0 fully saturated rings. The topological polar surface area (TPSA) is 35.5 Å². The van der Waals surface area contributed by atoms with Crippen LogP contribution in [-0.4, -0.2) is 18.9 Å². The molecule has 0 aromatic heterocycles. The van der Waals surface area contributed by atoms with Crippen LogP contribution < -0.4 is 0 Å². The molecule has 0 radical (unpaired) electrons. The van der Waals surface area contributed by atoms with Crippen LogP contribution >= 0.6 is 0 Å². The van der Waals surface area contributed by atoms with E-state index in [9.17, 15) is 4.79 Å². The Labute approximate surface area is 122 Å². The lowest BCUT2D eigenvalue weighted by atomic mass is 10.1. The lowest BCUT2D eigenvalue weighted by molar-refractivity contribution is -0.177. The predicted octanol–water partition coefficient (Wildman–Crippen LogP) is 4.11. The Morgan fingerprint density at radius 3 is 2.55 bits per heavy atom. The number of carbonyl (C=O) groups excluding carboxylic acids is 1. The molecule has 0 heterocycles. The summed E-state index contributed by atoms with van der Waals surface area (Å²) in [6, 6.07) is 10.2. The van der Waals surface area contributed by atoms with Gasteiger partial charge in [-0.1, -0.05) is 56.5 Å². The Morgan fingerprint density at radius 2 is 1.90 bits per heavy atom. The summed E-state index contributed by atoms with van der Waals surface area (Å²) in [5.41, 5.74) is 1.24. The highest BCUT2D eigenvalue weighted by Gasteiger charge is 2.11. The third-order valence-corrected chi connectivity index (χ3v) is 3.13. The van der Waals surface area contributed by atoms with Crippen molar-refractivity contribution in [1.82, 2.24) is 0 Å². The van der Waals surface area contributed by atoms with Gasteiger partial charge in [0.25, 0.3) is 0 Å². The first-order chi connectivity index (χ1) is 9.72. The maximum atomic E-state index is 11.1. The molecule has 1 unspecified atom stereocenters. The Hall–Kier alpha value is -1.35. The molecule has 0 saturated carbocycles. The number of hydrogen-bond acceptors (Lipinski definition) is 3.